The molecule has 43 heavy (non-hydrogen) atoms. The third kappa shape index (κ3) is 5.64. The number of anilines is 2. The van der Waals surface area contributed by atoms with Crippen LogP contribution in [0.4, 0.5) is 24.5 Å². The number of nitrogens with two attached hydrogens (primary N) is 1. The molecular formula is C29H32F3N7O3S. The first kappa shape index (κ1) is 30.7. The number of aromatic nitrogens is 1. The van der Waals surface area contributed by atoms with E-state index in [1.807, 2.05) is 19.1 Å². The lowest BCUT2D eigenvalue weighted by Gasteiger charge is -2.33. The number of benzene rings is 1. The zero-order valence-corrected chi connectivity index (χ0v) is 24.8. The average molecular weight is 616 g/mol. The highest BCUT2D eigenvalue weighted by Gasteiger charge is 2.51. The molecule has 3 aliphatic heterocycles. The Hall–Kier alpha value is -3.80. The monoisotopic (exact) mass is 615 g/mol. The fourth-order valence-electron chi connectivity index (χ4n) is 6.23. The molecule has 2 atom stereocenters. The molecule has 228 valence electrons. The molecule has 2 amide bonds. The van der Waals surface area contributed by atoms with Gasteiger partial charge in [-0.15, -0.1) is 0 Å². The zero-order chi connectivity index (χ0) is 31.3. The fraction of sp³-hybridized carbons (Fsp3) is 0.483. The molecule has 2 N–H and O–H groups in total. The van der Waals surface area contributed by atoms with Crippen LogP contribution in [0.25, 0.3) is 0 Å². The molecule has 1 aromatic carbocycles. The van der Waals surface area contributed by atoms with E-state index in [1.165, 1.54) is 6.07 Å². The smallest absolute Gasteiger partial charge is 0.419 e. The van der Waals surface area contributed by atoms with Crippen molar-refractivity contribution in [2.24, 2.45) is 5.73 Å². The second-order valence-electron chi connectivity index (χ2n) is 11.4. The lowest BCUT2D eigenvalue weighted by atomic mass is 10.0. The van der Waals surface area contributed by atoms with Gasteiger partial charge in [-0.2, -0.15) is 18.4 Å². The number of alkyl halides is 3. The van der Waals surface area contributed by atoms with E-state index in [9.17, 15) is 22.8 Å². The van der Waals surface area contributed by atoms with E-state index in [4.69, 9.17) is 28.0 Å². The van der Waals surface area contributed by atoms with Crippen molar-refractivity contribution >= 4 is 40.5 Å². The number of rotatable bonds is 9. The van der Waals surface area contributed by atoms with E-state index >= 15 is 0 Å². The summed E-state index contributed by atoms with van der Waals surface area (Å²) in [5.74, 6) is -0.136. The number of pyridine rings is 1. The molecule has 3 aliphatic rings. The number of carbonyl (C=O) groups is 2. The highest BCUT2D eigenvalue weighted by atomic mass is 32.1. The number of likely N-dealkylation sites (tertiary alicyclic amines) is 2. The van der Waals surface area contributed by atoms with Crippen molar-refractivity contribution in [3.63, 3.8) is 0 Å². The summed E-state index contributed by atoms with van der Waals surface area (Å²) in [4.78, 5) is 35.6. The topological polar surface area (TPSA) is 119 Å². The Labute approximate surface area is 252 Å². The van der Waals surface area contributed by atoms with Gasteiger partial charge in [0.1, 0.15) is 24.0 Å². The van der Waals surface area contributed by atoms with Crippen molar-refractivity contribution in [3.8, 4) is 11.8 Å². The van der Waals surface area contributed by atoms with Crippen LogP contribution in [0, 0.1) is 11.3 Å². The van der Waals surface area contributed by atoms with Gasteiger partial charge in [-0.05, 0) is 68.7 Å². The molecule has 2 bridgehead atoms. The van der Waals surface area contributed by atoms with Crippen LogP contribution < -0.4 is 20.3 Å². The molecule has 10 nitrogen and oxygen atoms in total. The molecule has 0 aliphatic carbocycles. The van der Waals surface area contributed by atoms with Gasteiger partial charge in [0.05, 0.1) is 24.0 Å². The van der Waals surface area contributed by atoms with Crippen LogP contribution in [0.2, 0.25) is 0 Å². The summed E-state index contributed by atoms with van der Waals surface area (Å²) < 4.78 is 47.0. The molecule has 1 aromatic heterocycles. The molecule has 0 radical (unpaired) electrons. The zero-order valence-electron chi connectivity index (χ0n) is 24.0. The van der Waals surface area contributed by atoms with E-state index in [0.717, 1.165) is 48.8 Å². The van der Waals surface area contributed by atoms with Crippen molar-refractivity contribution < 1.29 is 27.5 Å². The van der Waals surface area contributed by atoms with Crippen LogP contribution in [0.3, 0.4) is 0 Å². The molecule has 2 aromatic rings. The number of nitrogens with zero attached hydrogens (tertiary/aromatic N) is 6. The summed E-state index contributed by atoms with van der Waals surface area (Å²) in [7, 11) is 0. The Morgan fingerprint density at radius 2 is 1.91 bits per heavy atom. The predicted octanol–water partition coefficient (Wildman–Crippen LogP) is 3.07. The number of amides is 2. The van der Waals surface area contributed by atoms with Crippen LogP contribution >= 0.6 is 12.2 Å². The minimum Gasteiger partial charge on any atom is -0.492 e. The van der Waals surface area contributed by atoms with Crippen LogP contribution in [-0.2, 0) is 22.2 Å². The first-order valence-corrected chi connectivity index (χ1v) is 14.3. The minimum absolute atomic E-state index is 0.000168. The van der Waals surface area contributed by atoms with Gasteiger partial charge in [-0.3, -0.25) is 24.3 Å². The largest absolute Gasteiger partial charge is 0.492 e. The number of hydrogen-bond acceptors (Lipinski definition) is 8. The van der Waals surface area contributed by atoms with Gasteiger partial charge in [0.2, 0.25) is 5.91 Å². The SMILES string of the molecule is CCc1cc(N2C(=S)N(c3cnc(C#N)c(C(F)(F)F)c3)C(=O)C2(C)C)ccc1OCCN1C[C@@H]2C[C@H]1CN2CC(N)=O. The summed E-state index contributed by atoms with van der Waals surface area (Å²) in [6.45, 7) is 8.45. The molecule has 14 heteroatoms. The van der Waals surface area contributed by atoms with Crippen molar-refractivity contribution in [2.45, 2.75) is 57.4 Å². The molecule has 0 unspecified atom stereocenters. The van der Waals surface area contributed by atoms with Crippen LogP contribution in [0.5, 0.6) is 5.75 Å². The summed E-state index contributed by atoms with van der Waals surface area (Å²) in [5.41, 5.74) is 3.44. The Morgan fingerprint density at radius 1 is 1.21 bits per heavy atom. The van der Waals surface area contributed by atoms with Crippen LogP contribution in [0.1, 0.15) is 44.0 Å². The van der Waals surface area contributed by atoms with E-state index in [2.05, 4.69) is 14.8 Å². The predicted molar refractivity (Wildman–Crippen MR) is 156 cm³/mol. The Kier molecular flexibility index (Phi) is 8.10. The lowest BCUT2D eigenvalue weighted by Crippen LogP contribution is -2.49. The van der Waals surface area contributed by atoms with Gasteiger partial charge in [0.15, 0.2) is 10.8 Å². The number of halogens is 3. The minimum atomic E-state index is -4.83. The standard InChI is InChI=1S/C29H32F3N7O3S/c1-4-17-9-18(5-6-24(17)42-8-7-36-14-21-10-20(36)15-37(21)16-25(34)40)39-27(43)38(26(41)28(39,2)3)19-11-22(29(30,31)32)23(12-33)35-13-19/h5-6,9,11,13,20-21H,4,7-8,10,14-16H2,1-3H3,(H2,34,40)/t20-,21-/m0/s1. The maximum atomic E-state index is 13.6. The number of primary amides is 1. The van der Waals surface area contributed by atoms with E-state index in [0.29, 0.717) is 36.5 Å². The molecule has 5 rings (SSSR count). The van der Waals surface area contributed by atoms with Crippen molar-refractivity contribution in [1.29, 1.82) is 5.26 Å². The quantitative estimate of drug-likeness (QED) is 0.425. The first-order valence-electron chi connectivity index (χ1n) is 13.9. The number of nitriles is 1. The second-order valence-corrected chi connectivity index (χ2v) is 11.8. The molecule has 3 fully saturated rings. The maximum absolute atomic E-state index is 13.6. The summed E-state index contributed by atoms with van der Waals surface area (Å²) >= 11 is 5.64. The van der Waals surface area contributed by atoms with Gasteiger partial charge < -0.3 is 15.4 Å². The molecule has 3 saturated heterocycles. The maximum Gasteiger partial charge on any atom is 0.419 e. The first-order chi connectivity index (χ1) is 20.3. The highest BCUT2D eigenvalue weighted by Crippen LogP contribution is 2.40. The highest BCUT2D eigenvalue weighted by molar-refractivity contribution is 7.81. The summed E-state index contributed by atoms with van der Waals surface area (Å²) in [6.07, 6.45) is -2.14. The van der Waals surface area contributed by atoms with Crippen molar-refractivity contribution in [3.05, 3.63) is 47.3 Å². The number of ether oxygens (including phenoxy) is 1. The van der Waals surface area contributed by atoms with Crippen molar-refractivity contribution in [2.75, 3.05) is 42.6 Å². The van der Waals surface area contributed by atoms with Gasteiger partial charge >= 0.3 is 6.18 Å². The van der Waals surface area contributed by atoms with Gasteiger partial charge in [0.25, 0.3) is 5.91 Å². The number of thiocarbonyl (C=S) groups is 1. The Morgan fingerprint density at radius 3 is 2.51 bits per heavy atom. The van der Waals surface area contributed by atoms with Crippen LogP contribution in [0.15, 0.2) is 30.5 Å². The molecule has 4 heterocycles. The summed E-state index contributed by atoms with van der Waals surface area (Å²) in [5, 5.41) is 9.10. The number of carbonyl (C=O) groups excluding carboxylic acids is 2. The van der Waals surface area contributed by atoms with E-state index in [-0.39, 0.29) is 23.3 Å². The lowest BCUT2D eigenvalue weighted by molar-refractivity contribution is -0.138. The number of fused-ring (bicyclic) bond motifs is 2. The normalized spacial score (nSPS) is 22.0. The van der Waals surface area contributed by atoms with Gasteiger partial charge in [-0.1, -0.05) is 6.92 Å². The third-order valence-corrected chi connectivity index (χ3v) is 8.72. The van der Waals surface area contributed by atoms with Gasteiger partial charge in [-0.25, -0.2) is 4.98 Å². The van der Waals surface area contributed by atoms with E-state index in [1.54, 1.807) is 24.8 Å². The molecule has 0 saturated carbocycles. The average Bonchev–Trinajstić information content (AvgIpc) is 3.57. The fourth-order valence-corrected chi connectivity index (χ4v) is 6.75. The number of aryl methyl sites for hydroxylation is 1. The Balaban J connectivity index is 1.31. The molecular weight excluding hydrogens is 583 g/mol. The van der Waals surface area contributed by atoms with Crippen molar-refractivity contribution in [1.82, 2.24) is 14.8 Å². The number of piperazine rings is 1. The van der Waals surface area contributed by atoms with Gasteiger partial charge in [0, 0.05) is 37.4 Å². The van der Waals surface area contributed by atoms with E-state index < -0.39 is 28.9 Å². The molecule has 0 spiro atoms. The second kappa shape index (κ2) is 11.4. The Bertz CT molecular complexity index is 1510. The third-order valence-electron chi connectivity index (χ3n) is 8.36. The van der Waals surface area contributed by atoms with Crippen LogP contribution in [-0.4, -0.2) is 82.1 Å². The summed E-state index contributed by atoms with van der Waals surface area (Å²) in [6, 6.07) is 8.34. The number of hydrogen-bond donors (Lipinski definition) is 1.